The smallest absolute Gasteiger partial charge is 0.283 e. The Kier molecular flexibility index (Phi) is 3.60. The van der Waals surface area contributed by atoms with Crippen molar-refractivity contribution >= 4 is 21.6 Å². The van der Waals surface area contributed by atoms with E-state index in [2.05, 4.69) is 15.9 Å². The molecular weight excluding hydrogens is 248 g/mol. The fourth-order valence-electron chi connectivity index (χ4n) is 1.21. The lowest BCUT2D eigenvalue weighted by Gasteiger charge is -2.07. The van der Waals surface area contributed by atoms with Crippen molar-refractivity contribution in [3.8, 4) is 0 Å². The normalized spacial score (nSPS) is 12.5. The van der Waals surface area contributed by atoms with Crippen LogP contribution in [0.4, 0.5) is 5.69 Å². The van der Waals surface area contributed by atoms with Gasteiger partial charge in [0, 0.05) is 12.1 Å². The maximum atomic E-state index is 10.6. The van der Waals surface area contributed by atoms with E-state index in [0.29, 0.717) is 10.9 Å². The van der Waals surface area contributed by atoms with E-state index in [4.69, 9.17) is 5.73 Å². The highest BCUT2D eigenvalue weighted by Crippen LogP contribution is 2.28. The summed E-state index contributed by atoms with van der Waals surface area (Å²) in [7, 11) is 0. The van der Waals surface area contributed by atoms with E-state index < -0.39 is 4.92 Å². The van der Waals surface area contributed by atoms with Crippen LogP contribution in [0, 0.1) is 10.1 Å². The van der Waals surface area contributed by atoms with E-state index in [9.17, 15) is 10.1 Å². The lowest BCUT2D eigenvalue weighted by molar-refractivity contribution is -0.385. The van der Waals surface area contributed by atoms with Gasteiger partial charge in [-0.15, -0.1) is 0 Å². The van der Waals surface area contributed by atoms with Crippen molar-refractivity contribution in [3.63, 3.8) is 0 Å². The summed E-state index contributed by atoms with van der Waals surface area (Å²) in [6.07, 6.45) is 0.627. The number of halogens is 1. The molecule has 0 spiro atoms. The summed E-state index contributed by atoms with van der Waals surface area (Å²) in [6.45, 7) is 1.87. The number of nitrogens with two attached hydrogens (primary N) is 1. The van der Waals surface area contributed by atoms with E-state index in [1.54, 1.807) is 6.07 Å². The highest BCUT2D eigenvalue weighted by Gasteiger charge is 2.14. The number of nitro groups is 1. The topological polar surface area (TPSA) is 69.2 Å². The van der Waals surface area contributed by atoms with Crippen molar-refractivity contribution in [2.24, 2.45) is 5.73 Å². The Balaban J connectivity index is 3.07. The number of nitrogens with zero attached hydrogens (tertiary/aromatic N) is 1. The maximum Gasteiger partial charge on any atom is 0.283 e. The summed E-state index contributed by atoms with van der Waals surface area (Å²) in [5.41, 5.74) is 6.58. The van der Waals surface area contributed by atoms with Crippen molar-refractivity contribution in [2.75, 3.05) is 0 Å². The van der Waals surface area contributed by atoms with Crippen LogP contribution in [0.5, 0.6) is 0 Å². The summed E-state index contributed by atoms with van der Waals surface area (Å²) < 4.78 is 0.530. The molecule has 5 heteroatoms. The van der Waals surface area contributed by atoms with Crippen LogP contribution < -0.4 is 5.73 Å². The molecule has 2 N–H and O–H groups in total. The van der Waals surface area contributed by atoms with Gasteiger partial charge in [0.2, 0.25) is 0 Å². The average Bonchev–Trinajstić information content (AvgIpc) is 2.07. The quantitative estimate of drug-likeness (QED) is 0.668. The van der Waals surface area contributed by atoms with Gasteiger partial charge in [-0.05, 0) is 34.8 Å². The molecule has 0 heterocycles. The first-order valence-corrected chi connectivity index (χ1v) is 4.99. The van der Waals surface area contributed by atoms with Crippen LogP contribution in [0.1, 0.15) is 12.5 Å². The molecule has 0 amide bonds. The zero-order chi connectivity index (χ0) is 10.7. The summed E-state index contributed by atoms with van der Waals surface area (Å²) >= 11 is 3.21. The minimum Gasteiger partial charge on any atom is -0.328 e. The van der Waals surface area contributed by atoms with Crippen LogP contribution in [-0.4, -0.2) is 11.0 Å². The molecule has 0 aliphatic heterocycles. The van der Waals surface area contributed by atoms with Crippen molar-refractivity contribution in [2.45, 2.75) is 19.4 Å². The first-order valence-electron chi connectivity index (χ1n) is 4.19. The second kappa shape index (κ2) is 4.52. The molecule has 1 aromatic carbocycles. The van der Waals surface area contributed by atoms with Crippen molar-refractivity contribution in [3.05, 3.63) is 38.3 Å². The molecule has 0 aromatic heterocycles. The molecule has 0 radical (unpaired) electrons. The molecule has 1 aromatic rings. The lowest BCUT2D eigenvalue weighted by atomic mass is 10.1. The fourth-order valence-corrected chi connectivity index (χ4v) is 1.78. The van der Waals surface area contributed by atoms with Gasteiger partial charge in [-0.25, -0.2) is 0 Å². The van der Waals surface area contributed by atoms with Gasteiger partial charge in [-0.2, -0.15) is 0 Å². The van der Waals surface area contributed by atoms with Crippen LogP contribution in [-0.2, 0) is 6.42 Å². The molecule has 4 nitrogen and oxygen atoms in total. The predicted octanol–water partition coefficient (Wildman–Crippen LogP) is 2.25. The van der Waals surface area contributed by atoms with Crippen LogP contribution in [0.25, 0.3) is 0 Å². The number of hydrogen-bond donors (Lipinski definition) is 1. The molecule has 0 saturated heterocycles. The first-order chi connectivity index (χ1) is 6.52. The van der Waals surface area contributed by atoms with Gasteiger partial charge in [0.25, 0.3) is 5.69 Å². The molecule has 0 aliphatic carbocycles. The Morgan fingerprint density at radius 3 is 2.79 bits per heavy atom. The zero-order valence-electron chi connectivity index (χ0n) is 7.74. The Morgan fingerprint density at radius 2 is 2.29 bits per heavy atom. The molecular formula is C9H11BrN2O2. The zero-order valence-corrected chi connectivity index (χ0v) is 9.32. The monoisotopic (exact) mass is 258 g/mol. The minimum absolute atomic E-state index is 0.00620. The molecule has 1 atom stereocenters. The van der Waals surface area contributed by atoms with Crippen molar-refractivity contribution in [1.29, 1.82) is 0 Å². The predicted molar refractivity (Wildman–Crippen MR) is 58.1 cm³/mol. The maximum absolute atomic E-state index is 10.6. The third-order valence-corrected chi connectivity index (χ3v) is 2.71. The standard InChI is InChI=1S/C9H11BrN2O2/c1-6(11)5-7-3-2-4-8(9(7)10)12(13)14/h2-4,6H,5,11H2,1H3/t6-/m1/s1. The van der Waals surface area contributed by atoms with Gasteiger partial charge >= 0.3 is 0 Å². The van der Waals surface area contributed by atoms with E-state index >= 15 is 0 Å². The van der Waals surface area contributed by atoms with Crippen LogP contribution in [0.3, 0.4) is 0 Å². The third-order valence-electron chi connectivity index (χ3n) is 1.80. The van der Waals surface area contributed by atoms with E-state index in [1.807, 2.05) is 13.0 Å². The molecule has 14 heavy (non-hydrogen) atoms. The lowest BCUT2D eigenvalue weighted by Crippen LogP contribution is -2.18. The molecule has 0 aliphatic rings. The Morgan fingerprint density at radius 1 is 1.64 bits per heavy atom. The van der Waals surface area contributed by atoms with Crippen LogP contribution >= 0.6 is 15.9 Å². The summed E-state index contributed by atoms with van der Waals surface area (Å²) in [6, 6.07) is 4.96. The number of benzene rings is 1. The first kappa shape index (κ1) is 11.1. The van der Waals surface area contributed by atoms with Crippen molar-refractivity contribution < 1.29 is 4.92 Å². The Labute approximate surface area is 90.4 Å². The number of nitro benzene ring substituents is 1. The number of hydrogen-bond acceptors (Lipinski definition) is 3. The molecule has 0 bridgehead atoms. The second-order valence-electron chi connectivity index (χ2n) is 3.19. The van der Waals surface area contributed by atoms with Crippen LogP contribution in [0.15, 0.2) is 22.7 Å². The summed E-state index contributed by atoms with van der Waals surface area (Å²) in [5, 5.41) is 10.6. The molecule has 0 saturated carbocycles. The molecule has 1 rings (SSSR count). The fraction of sp³-hybridized carbons (Fsp3) is 0.333. The van der Waals surface area contributed by atoms with E-state index in [1.165, 1.54) is 6.07 Å². The van der Waals surface area contributed by atoms with Crippen LogP contribution in [0.2, 0.25) is 0 Å². The highest BCUT2D eigenvalue weighted by atomic mass is 79.9. The van der Waals surface area contributed by atoms with Gasteiger partial charge < -0.3 is 5.73 Å². The average molecular weight is 259 g/mol. The van der Waals surface area contributed by atoms with E-state index in [0.717, 1.165) is 5.56 Å². The summed E-state index contributed by atoms with van der Waals surface area (Å²) in [4.78, 5) is 10.2. The molecule has 0 fully saturated rings. The molecule has 76 valence electrons. The van der Waals surface area contributed by atoms with Gasteiger partial charge in [0.15, 0.2) is 0 Å². The largest absolute Gasteiger partial charge is 0.328 e. The second-order valence-corrected chi connectivity index (χ2v) is 3.98. The SMILES string of the molecule is C[C@@H](N)Cc1cccc([N+](=O)[O-])c1Br. The highest BCUT2D eigenvalue weighted by molar-refractivity contribution is 9.10. The van der Waals surface area contributed by atoms with Gasteiger partial charge in [0.05, 0.1) is 9.40 Å². The van der Waals surface area contributed by atoms with Gasteiger partial charge in [0.1, 0.15) is 0 Å². The van der Waals surface area contributed by atoms with E-state index in [-0.39, 0.29) is 11.7 Å². The minimum atomic E-state index is -0.408. The molecule has 0 unspecified atom stereocenters. The third kappa shape index (κ3) is 2.52. The number of rotatable bonds is 3. The Hall–Kier alpha value is -0.940. The Bertz CT molecular complexity index is 353. The van der Waals surface area contributed by atoms with Gasteiger partial charge in [-0.1, -0.05) is 12.1 Å². The van der Waals surface area contributed by atoms with Gasteiger partial charge in [-0.3, -0.25) is 10.1 Å². The summed E-state index contributed by atoms with van der Waals surface area (Å²) in [5.74, 6) is 0. The van der Waals surface area contributed by atoms with Crippen molar-refractivity contribution in [1.82, 2.24) is 0 Å².